The lowest BCUT2D eigenvalue weighted by atomic mass is 10.1. The fourth-order valence-corrected chi connectivity index (χ4v) is 1.37. The molecule has 0 bridgehead atoms. The maximum Gasteiger partial charge on any atom is 0.412 e. The molecule has 0 saturated carbocycles. The highest BCUT2D eigenvalue weighted by molar-refractivity contribution is 5.92. The van der Waals surface area contributed by atoms with Gasteiger partial charge in [0.2, 0.25) is 0 Å². The number of phenols is 1. The van der Waals surface area contributed by atoms with Crippen molar-refractivity contribution in [3.05, 3.63) is 23.3 Å². The molecule has 0 aliphatic heterocycles. The summed E-state index contributed by atoms with van der Waals surface area (Å²) in [7, 11) is 0. The van der Waals surface area contributed by atoms with Gasteiger partial charge in [-0.1, -0.05) is 6.07 Å². The van der Waals surface area contributed by atoms with Crippen LogP contribution in [-0.2, 0) is 4.74 Å². The van der Waals surface area contributed by atoms with E-state index in [9.17, 15) is 14.7 Å². The minimum atomic E-state index is -0.682. The first kappa shape index (κ1) is 14.0. The van der Waals surface area contributed by atoms with Crippen LogP contribution in [0.2, 0.25) is 0 Å². The van der Waals surface area contributed by atoms with E-state index in [1.165, 1.54) is 6.07 Å². The van der Waals surface area contributed by atoms with Gasteiger partial charge in [0.05, 0.1) is 11.3 Å². The zero-order valence-corrected chi connectivity index (χ0v) is 10.9. The number of aryl methyl sites for hydroxylation is 1. The molecule has 2 N–H and O–H groups in total. The molecule has 0 spiro atoms. The predicted octanol–water partition coefficient (Wildman–Crippen LogP) is 2.86. The molecule has 1 rings (SSSR count). The fourth-order valence-electron chi connectivity index (χ4n) is 1.37. The molecule has 0 aliphatic carbocycles. The van der Waals surface area contributed by atoms with Gasteiger partial charge in [-0.2, -0.15) is 0 Å². The van der Waals surface area contributed by atoms with Gasteiger partial charge in [-0.15, -0.1) is 0 Å². The lowest BCUT2D eigenvalue weighted by molar-refractivity contribution is 0.0635. The van der Waals surface area contributed by atoms with Gasteiger partial charge >= 0.3 is 6.09 Å². The van der Waals surface area contributed by atoms with Crippen LogP contribution in [0, 0.1) is 6.92 Å². The first-order valence-corrected chi connectivity index (χ1v) is 5.52. The number of hydrogen-bond donors (Lipinski definition) is 2. The number of ether oxygens (including phenoxy) is 1. The molecule has 18 heavy (non-hydrogen) atoms. The second-order valence-corrected chi connectivity index (χ2v) is 4.94. The second kappa shape index (κ2) is 5.08. The van der Waals surface area contributed by atoms with Gasteiger partial charge in [-0.25, -0.2) is 4.79 Å². The van der Waals surface area contributed by atoms with E-state index in [4.69, 9.17) is 4.74 Å². The zero-order chi connectivity index (χ0) is 13.9. The van der Waals surface area contributed by atoms with Gasteiger partial charge in [-0.3, -0.25) is 10.1 Å². The molecule has 0 radical (unpaired) electrons. The fraction of sp³-hybridized carbons (Fsp3) is 0.385. The van der Waals surface area contributed by atoms with Crippen molar-refractivity contribution in [1.82, 2.24) is 0 Å². The molecular formula is C13H17NO4. The summed E-state index contributed by atoms with van der Waals surface area (Å²) in [6.07, 6.45) is -0.135. The number of benzene rings is 1. The average Bonchev–Trinajstić information content (AvgIpc) is 2.20. The molecule has 1 aromatic carbocycles. The van der Waals surface area contributed by atoms with Crippen molar-refractivity contribution in [2.24, 2.45) is 0 Å². The number of carbonyl (C=O) groups excluding carboxylic acids is 2. The number of amides is 1. The molecule has 0 aromatic heterocycles. The summed E-state index contributed by atoms with van der Waals surface area (Å²) < 4.78 is 5.05. The van der Waals surface area contributed by atoms with Gasteiger partial charge < -0.3 is 9.84 Å². The van der Waals surface area contributed by atoms with E-state index in [0.717, 1.165) is 0 Å². The van der Waals surface area contributed by atoms with Gasteiger partial charge in [0, 0.05) is 0 Å². The van der Waals surface area contributed by atoms with Crippen molar-refractivity contribution in [3.8, 4) is 5.75 Å². The minimum absolute atomic E-state index is 0.150. The third-order valence-electron chi connectivity index (χ3n) is 2.19. The standard InChI is InChI=1S/C13H17NO4/c1-8-5-6-10(11(16)9(8)7-15)14-12(17)18-13(2,3)4/h5-7,16H,1-4H3,(H,14,17). The first-order valence-electron chi connectivity index (χ1n) is 5.52. The molecule has 1 amide bonds. The summed E-state index contributed by atoms with van der Waals surface area (Å²) in [6, 6.07) is 3.15. The van der Waals surface area contributed by atoms with E-state index < -0.39 is 11.7 Å². The predicted molar refractivity (Wildman–Crippen MR) is 68.1 cm³/mol. The van der Waals surface area contributed by atoms with E-state index in [1.807, 2.05) is 0 Å². The highest BCUT2D eigenvalue weighted by atomic mass is 16.6. The Kier molecular flexibility index (Phi) is 3.96. The third kappa shape index (κ3) is 3.48. The number of nitrogens with one attached hydrogen (secondary N) is 1. The number of rotatable bonds is 2. The highest BCUT2D eigenvalue weighted by Gasteiger charge is 2.18. The topological polar surface area (TPSA) is 75.6 Å². The van der Waals surface area contributed by atoms with Gasteiger partial charge in [-0.05, 0) is 39.3 Å². The van der Waals surface area contributed by atoms with E-state index in [1.54, 1.807) is 33.8 Å². The van der Waals surface area contributed by atoms with Crippen LogP contribution in [0.4, 0.5) is 10.5 Å². The number of aromatic hydroxyl groups is 1. The Morgan fingerprint density at radius 3 is 2.50 bits per heavy atom. The molecule has 0 unspecified atom stereocenters. The van der Waals surface area contributed by atoms with Crippen molar-refractivity contribution in [1.29, 1.82) is 0 Å². The molecule has 0 atom stereocenters. The van der Waals surface area contributed by atoms with Crippen molar-refractivity contribution >= 4 is 18.1 Å². The van der Waals surface area contributed by atoms with Crippen LogP contribution in [0.5, 0.6) is 5.75 Å². The van der Waals surface area contributed by atoms with Crippen LogP contribution in [0.15, 0.2) is 12.1 Å². The molecule has 0 fully saturated rings. The van der Waals surface area contributed by atoms with E-state index in [0.29, 0.717) is 11.8 Å². The Balaban J connectivity index is 2.93. The van der Waals surface area contributed by atoms with E-state index in [-0.39, 0.29) is 17.0 Å². The quantitative estimate of drug-likeness (QED) is 0.626. The summed E-state index contributed by atoms with van der Waals surface area (Å²) in [5.41, 5.74) is 0.315. The molecule has 0 aliphatic rings. The Morgan fingerprint density at radius 2 is 2.00 bits per heavy atom. The maximum atomic E-state index is 11.5. The van der Waals surface area contributed by atoms with Gasteiger partial charge in [0.25, 0.3) is 0 Å². The van der Waals surface area contributed by atoms with Gasteiger partial charge in [0.15, 0.2) is 6.29 Å². The van der Waals surface area contributed by atoms with Crippen LogP contribution in [0.3, 0.4) is 0 Å². The Labute approximate surface area is 106 Å². The monoisotopic (exact) mass is 251 g/mol. The molecule has 0 saturated heterocycles. The van der Waals surface area contributed by atoms with Gasteiger partial charge in [0.1, 0.15) is 11.4 Å². The lowest BCUT2D eigenvalue weighted by Crippen LogP contribution is -2.27. The third-order valence-corrected chi connectivity index (χ3v) is 2.19. The lowest BCUT2D eigenvalue weighted by Gasteiger charge is -2.20. The SMILES string of the molecule is Cc1ccc(NC(=O)OC(C)(C)C)c(O)c1C=O. The molecule has 98 valence electrons. The average molecular weight is 251 g/mol. The smallest absolute Gasteiger partial charge is 0.412 e. The van der Waals surface area contributed by atoms with Crippen molar-refractivity contribution in [2.45, 2.75) is 33.3 Å². The highest BCUT2D eigenvalue weighted by Crippen LogP contribution is 2.29. The molecule has 5 heteroatoms. The van der Waals surface area contributed by atoms with Crippen molar-refractivity contribution in [2.75, 3.05) is 5.32 Å². The van der Waals surface area contributed by atoms with Crippen LogP contribution >= 0.6 is 0 Å². The minimum Gasteiger partial charge on any atom is -0.505 e. The summed E-state index contributed by atoms with van der Waals surface area (Å²) in [5, 5.41) is 12.2. The second-order valence-electron chi connectivity index (χ2n) is 4.94. The Hall–Kier alpha value is -2.04. The van der Waals surface area contributed by atoms with Crippen LogP contribution in [0.25, 0.3) is 0 Å². The van der Waals surface area contributed by atoms with Crippen molar-refractivity contribution < 1.29 is 19.4 Å². The van der Waals surface area contributed by atoms with E-state index >= 15 is 0 Å². The van der Waals surface area contributed by atoms with Crippen molar-refractivity contribution in [3.63, 3.8) is 0 Å². The summed E-state index contributed by atoms with van der Waals surface area (Å²) in [5.74, 6) is -0.254. The first-order chi connectivity index (χ1) is 8.24. The summed E-state index contributed by atoms with van der Waals surface area (Å²) in [4.78, 5) is 22.3. The van der Waals surface area contributed by atoms with Crippen LogP contribution < -0.4 is 5.32 Å². The maximum absolute atomic E-state index is 11.5. The number of carbonyl (C=O) groups is 2. The molecular weight excluding hydrogens is 234 g/mol. The molecule has 5 nitrogen and oxygen atoms in total. The normalized spacial score (nSPS) is 10.9. The number of aldehydes is 1. The number of phenolic OH excluding ortho intramolecular Hbond substituents is 1. The zero-order valence-electron chi connectivity index (χ0n) is 10.9. The van der Waals surface area contributed by atoms with Crippen LogP contribution in [-0.4, -0.2) is 23.1 Å². The summed E-state index contributed by atoms with van der Waals surface area (Å²) in [6.45, 7) is 6.90. The molecule has 0 heterocycles. The Bertz CT molecular complexity index is 475. The van der Waals surface area contributed by atoms with Crippen LogP contribution in [0.1, 0.15) is 36.7 Å². The number of hydrogen-bond acceptors (Lipinski definition) is 4. The number of anilines is 1. The summed E-state index contributed by atoms with van der Waals surface area (Å²) >= 11 is 0. The Morgan fingerprint density at radius 1 is 1.39 bits per heavy atom. The van der Waals surface area contributed by atoms with E-state index in [2.05, 4.69) is 5.32 Å². The largest absolute Gasteiger partial charge is 0.505 e. The molecule has 1 aromatic rings.